The summed E-state index contributed by atoms with van der Waals surface area (Å²) in [5.41, 5.74) is 7.37. The first-order valence-corrected chi connectivity index (χ1v) is 6.32. The Morgan fingerprint density at radius 3 is 2.68 bits per heavy atom. The molecular weight excluding hydrogens is 522 g/mol. The molecule has 0 aliphatic carbocycles. The molecule has 4 nitrogen and oxygen atoms in total. The molecule has 7 heteroatoms. The molecule has 2 fully saturated rings. The molecule has 2 aliphatic heterocycles. The van der Waals surface area contributed by atoms with Crippen molar-refractivity contribution >= 4 is 20.8 Å². The topological polar surface area (TPSA) is 41.7 Å². The molecule has 101 valence electrons. The van der Waals surface area contributed by atoms with Gasteiger partial charge in [-0.15, -0.1) is 0 Å². The van der Waals surface area contributed by atoms with Crippen molar-refractivity contribution in [2.75, 3.05) is 36.9 Å². The van der Waals surface area contributed by atoms with E-state index in [1.807, 2.05) is 12.1 Å². The molecule has 0 aromatic heterocycles. The number of anilines is 2. The summed E-state index contributed by atoms with van der Waals surface area (Å²) in [6.07, 6.45) is 0.292. The molecule has 2 aliphatic rings. The van der Waals surface area contributed by atoms with Crippen LogP contribution in [0.15, 0.2) is 12.1 Å². The van der Waals surface area contributed by atoms with Crippen molar-refractivity contribution in [2.24, 2.45) is 0 Å². The van der Waals surface area contributed by atoms with E-state index in [9.17, 15) is 0 Å². The van der Waals surface area contributed by atoms with Crippen molar-refractivity contribution in [1.29, 1.82) is 0 Å². The normalized spacial score (nSPS) is 26.3. The second-order valence-corrected chi connectivity index (χ2v) is 5.28. The van der Waals surface area contributed by atoms with Gasteiger partial charge in [-0.3, -0.25) is 16.8 Å². The minimum absolute atomic E-state index is 0. The Hall–Kier alpha value is 0.806. The Labute approximate surface area is 152 Å². The maximum absolute atomic E-state index is 5.80. The van der Waals surface area contributed by atoms with Gasteiger partial charge in [0.15, 0.2) is 0 Å². The van der Waals surface area contributed by atoms with Crippen LogP contribution in [0.4, 0.5) is 11.4 Å². The van der Waals surface area contributed by atoms with Crippen LogP contribution >= 0.6 is 9.39 Å². The molecule has 2 N–H and O–H groups in total. The predicted octanol–water partition coefficient (Wildman–Crippen LogP) is 0.546. The minimum Gasteiger partial charge on any atom is -0.503 e. The molecule has 19 heavy (non-hydrogen) atoms. The summed E-state index contributed by atoms with van der Waals surface area (Å²) in [7, 11) is 2.75. The van der Waals surface area contributed by atoms with E-state index >= 15 is 0 Å². The third kappa shape index (κ3) is 3.92. The number of hydrogen-bond donors (Lipinski definition) is 1. The van der Waals surface area contributed by atoms with Gasteiger partial charge in [-0.25, -0.2) is 5.69 Å². The number of nitrogen functional groups attached to an aromatic ring is 1. The van der Waals surface area contributed by atoms with Crippen LogP contribution in [-0.4, -0.2) is 43.1 Å². The monoisotopic (exact) mass is 538 g/mol. The van der Waals surface area contributed by atoms with Crippen molar-refractivity contribution in [3.63, 3.8) is 0 Å². The summed E-state index contributed by atoms with van der Waals surface area (Å²) in [4.78, 5) is 2.33. The van der Waals surface area contributed by atoms with Crippen molar-refractivity contribution in [3.05, 3.63) is 24.3 Å². The van der Waals surface area contributed by atoms with Crippen molar-refractivity contribution in [3.8, 4) is 0 Å². The molecule has 3 atom stereocenters. The summed E-state index contributed by atoms with van der Waals surface area (Å²) >= 11 is 0. The van der Waals surface area contributed by atoms with Crippen LogP contribution in [0, 0.1) is 43.2 Å². The van der Waals surface area contributed by atoms with E-state index in [4.69, 9.17) is 10.5 Å². The van der Waals surface area contributed by atoms with Gasteiger partial charge in [0.2, 0.25) is 0 Å². The first-order chi connectivity index (χ1) is 8.24. The van der Waals surface area contributed by atoms with Gasteiger partial charge in [0.1, 0.15) is 0 Å². The Morgan fingerprint density at radius 1 is 1.32 bits per heavy atom. The van der Waals surface area contributed by atoms with Crippen LogP contribution in [0.5, 0.6) is 0 Å². The summed E-state index contributed by atoms with van der Waals surface area (Å²) in [5.74, 6) is 0. The molecule has 3 rings (SSSR count). The molecule has 1 aromatic rings. The van der Waals surface area contributed by atoms with Gasteiger partial charge >= 0.3 is 0 Å². The molecule has 0 amide bonds. The second-order valence-electron chi connectivity index (χ2n) is 4.55. The van der Waals surface area contributed by atoms with Gasteiger partial charge < -0.3 is 27.5 Å². The smallest absolute Gasteiger partial charge is 0.0919 e. The van der Waals surface area contributed by atoms with E-state index < -0.39 is 0 Å². The number of rotatable bonds is 1. The number of hydrogen-bond acceptors (Lipinski definition) is 4. The number of ether oxygens (including phenoxy) is 1. The van der Waals surface area contributed by atoms with E-state index in [0.29, 0.717) is 17.8 Å². The Morgan fingerprint density at radius 2 is 2.00 bits per heavy atom. The molecule has 2 heterocycles. The SMILES string of the molecule is Nc1c[c-]c(N2CCOC3CN(P)CC32)[c-]c1.[U].[V]. The van der Waals surface area contributed by atoms with Crippen LogP contribution < -0.4 is 10.6 Å². The minimum atomic E-state index is 0. The second kappa shape index (κ2) is 7.71. The molecule has 2 saturated heterocycles. The maximum Gasteiger partial charge on any atom is 0.0919 e. The zero-order chi connectivity index (χ0) is 11.8. The van der Waals surface area contributed by atoms with Crippen LogP contribution in [0.1, 0.15) is 0 Å². The maximum atomic E-state index is 5.80. The fraction of sp³-hybridized carbons (Fsp3) is 0.500. The summed E-state index contributed by atoms with van der Waals surface area (Å²) in [6, 6.07) is 10.4. The van der Waals surface area contributed by atoms with Crippen molar-refractivity contribution < 1.29 is 54.4 Å². The Kier molecular flexibility index (Phi) is 7.25. The summed E-state index contributed by atoms with van der Waals surface area (Å²) in [6.45, 7) is 3.64. The van der Waals surface area contributed by atoms with Crippen LogP contribution in [0.2, 0.25) is 0 Å². The van der Waals surface area contributed by atoms with Gasteiger partial charge in [0.25, 0.3) is 0 Å². The zero-order valence-electron chi connectivity index (χ0n) is 10.5. The largest absolute Gasteiger partial charge is 0.503 e. The van der Waals surface area contributed by atoms with E-state index in [-0.39, 0.29) is 49.7 Å². The van der Waals surface area contributed by atoms with Gasteiger partial charge in [-0.05, 0) is 0 Å². The standard InChI is InChI=1S/C12H16N3OP.U.V/c13-9-1-3-10(4-2-9)15-5-6-16-12-8-14(17)7-11(12)15;;/h1-2,11-12H,5-8,13,17H2;;/q-2;;. The molecule has 1 radical (unpaired) electrons. The van der Waals surface area contributed by atoms with Gasteiger partial charge in [-0.1, -0.05) is 9.39 Å². The Balaban J connectivity index is 0.000000902. The van der Waals surface area contributed by atoms with Gasteiger partial charge in [-0.2, -0.15) is 5.69 Å². The van der Waals surface area contributed by atoms with E-state index in [2.05, 4.69) is 31.1 Å². The number of nitrogens with zero attached hydrogens (tertiary/aromatic N) is 2. The number of fused-ring (bicyclic) bond motifs is 1. The first-order valence-electron chi connectivity index (χ1n) is 5.81. The zero-order valence-corrected chi connectivity index (χ0v) is 17.3. The average Bonchev–Trinajstić information content (AvgIpc) is 2.70. The summed E-state index contributed by atoms with van der Waals surface area (Å²) in [5, 5.41) is 0. The summed E-state index contributed by atoms with van der Waals surface area (Å²) < 4.78 is 8.03. The molecule has 1 aromatic carbocycles. The molecular formula is C12H16N3OPUV-2. The van der Waals surface area contributed by atoms with Crippen LogP contribution in [0.25, 0.3) is 0 Å². The molecule has 3 unspecified atom stereocenters. The van der Waals surface area contributed by atoms with E-state index in [0.717, 1.165) is 31.9 Å². The van der Waals surface area contributed by atoms with Gasteiger partial charge in [0.05, 0.1) is 18.8 Å². The third-order valence-corrected chi connectivity index (χ3v) is 3.79. The number of benzene rings is 1. The molecule has 0 bridgehead atoms. The average molecular weight is 538 g/mol. The third-order valence-electron chi connectivity index (χ3n) is 3.37. The van der Waals surface area contributed by atoms with Gasteiger partial charge in [0, 0.05) is 69.3 Å². The number of nitrogens with two attached hydrogens (primary N) is 1. The fourth-order valence-electron chi connectivity index (χ4n) is 2.55. The van der Waals surface area contributed by atoms with Crippen LogP contribution in [0.3, 0.4) is 0 Å². The van der Waals surface area contributed by atoms with Crippen molar-refractivity contribution in [2.45, 2.75) is 12.1 Å². The molecule has 0 spiro atoms. The van der Waals surface area contributed by atoms with E-state index in [1.165, 1.54) is 0 Å². The quantitative estimate of drug-likeness (QED) is 0.323. The molecule has 0 saturated carbocycles. The van der Waals surface area contributed by atoms with Crippen molar-refractivity contribution in [1.82, 2.24) is 4.67 Å². The van der Waals surface area contributed by atoms with Crippen LogP contribution in [-0.2, 0) is 23.3 Å². The first kappa shape index (κ1) is 17.9. The van der Waals surface area contributed by atoms with E-state index in [1.54, 1.807) is 0 Å². The number of morpholine rings is 1. The predicted molar refractivity (Wildman–Crippen MR) is 70.7 cm³/mol. The fourth-order valence-corrected chi connectivity index (χ4v) is 2.97. The Bertz CT molecular complexity index is 408.